The lowest BCUT2D eigenvalue weighted by Gasteiger charge is -2.39. The lowest BCUT2D eigenvalue weighted by molar-refractivity contribution is -0.384. The van der Waals surface area contributed by atoms with E-state index in [1.807, 2.05) is 9.80 Å². The summed E-state index contributed by atoms with van der Waals surface area (Å²) in [5.74, 6) is -0.899. The zero-order valence-electron chi connectivity index (χ0n) is 19.3. The molecule has 2 heterocycles. The molecule has 2 bridgehead atoms. The van der Waals surface area contributed by atoms with Gasteiger partial charge in [0, 0.05) is 31.7 Å². The monoisotopic (exact) mass is 443 g/mol. The fraction of sp³-hybridized carbons (Fsp3) is 0.667. The number of nitrogens with zero attached hydrogens (tertiary/aromatic N) is 3. The van der Waals surface area contributed by atoms with Crippen molar-refractivity contribution in [1.29, 1.82) is 0 Å². The Hall–Kier alpha value is -2.64. The fourth-order valence-electron chi connectivity index (χ4n) is 6.24. The van der Waals surface area contributed by atoms with Crippen molar-refractivity contribution in [2.24, 2.45) is 10.8 Å². The fourth-order valence-corrected chi connectivity index (χ4v) is 6.24. The van der Waals surface area contributed by atoms with Crippen LogP contribution in [0.25, 0.3) is 0 Å². The summed E-state index contributed by atoms with van der Waals surface area (Å²) in [5, 5.41) is 11.6. The minimum atomic E-state index is -0.708. The number of carbonyl (C=O) groups excluding carboxylic acids is 2. The number of fused-ring (bicyclic) bond motifs is 2. The van der Waals surface area contributed by atoms with Crippen molar-refractivity contribution in [3.8, 4) is 0 Å². The second kappa shape index (κ2) is 8.37. The Labute approximate surface area is 189 Å². The molecule has 1 aromatic carbocycles. The summed E-state index contributed by atoms with van der Waals surface area (Å²) in [6, 6.07) is 4.62. The first-order chi connectivity index (χ1) is 15.1. The number of hydrogen-bond donors (Lipinski definition) is 0. The van der Waals surface area contributed by atoms with Crippen molar-refractivity contribution in [1.82, 2.24) is 4.90 Å². The van der Waals surface area contributed by atoms with Crippen molar-refractivity contribution >= 4 is 23.3 Å². The van der Waals surface area contributed by atoms with E-state index in [-0.39, 0.29) is 40.6 Å². The molecule has 8 heteroatoms. The summed E-state index contributed by atoms with van der Waals surface area (Å²) in [4.78, 5) is 40.5. The molecule has 2 unspecified atom stereocenters. The van der Waals surface area contributed by atoms with Gasteiger partial charge in [-0.3, -0.25) is 14.9 Å². The van der Waals surface area contributed by atoms with Gasteiger partial charge in [0.2, 0.25) is 0 Å². The summed E-state index contributed by atoms with van der Waals surface area (Å²) in [6.07, 6.45) is 6.13. The topological polar surface area (TPSA) is 93.0 Å². The molecule has 2 saturated heterocycles. The van der Waals surface area contributed by atoms with Crippen LogP contribution in [-0.4, -0.2) is 54.0 Å². The predicted octanol–water partition coefficient (Wildman–Crippen LogP) is 4.17. The van der Waals surface area contributed by atoms with Gasteiger partial charge in [0.1, 0.15) is 5.69 Å². The highest BCUT2D eigenvalue weighted by molar-refractivity contribution is 5.93. The summed E-state index contributed by atoms with van der Waals surface area (Å²) in [6.45, 7) is 8.60. The van der Waals surface area contributed by atoms with E-state index in [1.165, 1.54) is 6.07 Å². The summed E-state index contributed by atoms with van der Waals surface area (Å²) < 4.78 is 5.29. The quantitative estimate of drug-likeness (QED) is 0.385. The second-order valence-corrected chi connectivity index (χ2v) is 10.8. The number of likely N-dealkylation sites (tertiary alicyclic amines) is 1. The molecule has 1 aliphatic carbocycles. The Morgan fingerprint density at radius 1 is 1.16 bits per heavy atom. The molecule has 3 aliphatic rings. The molecule has 0 N–H and O–H groups in total. The number of nitro benzene ring substituents is 1. The largest absolute Gasteiger partial charge is 0.452 e. The number of piperidine rings is 1. The van der Waals surface area contributed by atoms with Crippen molar-refractivity contribution in [3.63, 3.8) is 0 Å². The van der Waals surface area contributed by atoms with Crippen LogP contribution < -0.4 is 4.90 Å². The average Bonchev–Trinajstić information content (AvgIpc) is 3.00. The summed E-state index contributed by atoms with van der Waals surface area (Å²) in [7, 11) is 0. The maximum atomic E-state index is 12.8. The number of benzene rings is 1. The molecule has 3 fully saturated rings. The van der Waals surface area contributed by atoms with Crippen molar-refractivity contribution in [2.75, 3.05) is 31.1 Å². The van der Waals surface area contributed by atoms with Crippen LogP contribution in [0.15, 0.2) is 18.2 Å². The molecule has 4 rings (SSSR count). The maximum Gasteiger partial charge on any atom is 0.338 e. The number of amides is 1. The van der Waals surface area contributed by atoms with Crippen LogP contribution in [0.5, 0.6) is 0 Å². The zero-order valence-corrected chi connectivity index (χ0v) is 19.3. The molecule has 2 aliphatic heterocycles. The third-order valence-corrected chi connectivity index (χ3v) is 7.17. The summed E-state index contributed by atoms with van der Waals surface area (Å²) >= 11 is 0. The number of anilines is 1. The normalized spacial score (nSPS) is 26.7. The van der Waals surface area contributed by atoms with Gasteiger partial charge < -0.3 is 14.5 Å². The van der Waals surface area contributed by atoms with E-state index in [1.54, 1.807) is 12.1 Å². The SMILES string of the molecule is CC1(C)CC2CC(C)(CN2C(=O)COC(=O)c2ccc(N3CCCCC3)c([N+](=O)[O-])c2)C1. The highest BCUT2D eigenvalue weighted by Crippen LogP contribution is 2.52. The maximum absolute atomic E-state index is 12.8. The highest BCUT2D eigenvalue weighted by Gasteiger charge is 2.50. The lowest BCUT2D eigenvalue weighted by atomic mass is 9.65. The van der Waals surface area contributed by atoms with Crippen LogP contribution in [0.4, 0.5) is 11.4 Å². The van der Waals surface area contributed by atoms with Crippen LogP contribution in [0.1, 0.15) is 69.7 Å². The Morgan fingerprint density at radius 3 is 2.56 bits per heavy atom. The molecule has 8 nitrogen and oxygen atoms in total. The molecule has 1 aromatic rings. The van der Waals surface area contributed by atoms with Crippen molar-refractivity contribution in [3.05, 3.63) is 33.9 Å². The molecule has 0 spiro atoms. The van der Waals surface area contributed by atoms with E-state index in [9.17, 15) is 19.7 Å². The molecule has 0 aromatic heterocycles. The Kier molecular flexibility index (Phi) is 5.90. The van der Waals surface area contributed by atoms with E-state index in [2.05, 4.69) is 20.8 Å². The number of hydrogen-bond acceptors (Lipinski definition) is 6. The highest BCUT2D eigenvalue weighted by atomic mass is 16.6. The van der Waals surface area contributed by atoms with Crippen LogP contribution in [0.3, 0.4) is 0 Å². The first-order valence-electron chi connectivity index (χ1n) is 11.6. The third kappa shape index (κ3) is 4.59. The van der Waals surface area contributed by atoms with Gasteiger partial charge in [-0.15, -0.1) is 0 Å². The van der Waals surface area contributed by atoms with Crippen LogP contribution >= 0.6 is 0 Å². The van der Waals surface area contributed by atoms with Gasteiger partial charge >= 0.3 is 5.97 Å². The second-order valence-electron chi connectivity index (χ2n) is 10.8. The van der Waals surface area contributed by atoms with Crippen LogP contribution in [0, 0.1) is 20.9 Å². The number of nitro groups is 1. The standard InChI is InChI=1S/C24H33N3O5/c1-23(2)12-18-13-24(3,15-23)16-26(18)21(28)14-32-22(29)17-7-8-19(20(11-17)27(30)31)25-9-5-4-6-10-25/h7-8,11,18H,4-6,9-10,12-16H2,1-3H3. The smallest absolute Gasteiger partial charge is 0.338 e. The van der Waals surface area contributed by atoms with E-state index in [4.69, 9.17) is 4.74 Å². The number of ether oxygens (including phenoxy) is 1. The molecule has 1 amide bonds. The van der Waals surface area contributed by atoms with Crippen molar-refractivity contribution < 1.29 is 19.2 Å². The van der Waals surface area contributed by atoms with Gasteiger partial charge in [0.15, 0.2) is 6.61 Å². The minimum absolute atomic E-state index is 0.0959. The average molecular weight is 444 g/mol. The number of rotatable bonds is 5. The van der Waals surface area contributed by atoms with Crippen LogP contribution in [-0.2, 0) is 9.53 Å². The molecular weight excluding hydrogens is 410 g/mol. The van der Waals surface area contributed by atoms with Gasteiger partial charge in [-0.05, 0) is 61.5 Å². The van der Waals surface area contributed by atoms with E-state index >= 15 is 0 Å². The molecule has 174 valence electrons. The first kappa shape index (κ1) is 22.6. The molecule has 2 atom stereocenters. The Balaban J connectivity index is 1.41. The zero-order chi connectivity index (χ0) is 23.1. The third-order valence-electron chi connectivity index (χ3n) is 7.17. The Bertz CT molecular complexity index is 924. The molecule has 1 saturated carbocycles. The van der Waals surface area contributed by atoms with Gasteiger partial charge in [-0.2, -0.15) is 0 Å². The van der Waals surface area contributed by atoms with E-state index in [0.29, 0.717) is 12.2 Å². The Morgan fingerprint density at radius 2 is 1.88 bits per heavy atom. The molecule has 0 radical (unpaired) electrons. The summed E-state index contributed by atoms with van der Waals surface area (Å²) in [5.41, 5.74) is 0.826. The van der Waals surface area contributed by atoms with Gasteiger partial charge in [-0.25, -0.2) is 4.79 Å². The molecule has 32 heavy (non-hydrogen) atoms. The lowest BCUT2D eigenvalue weighted by Crippen LogP contribution is -2.39. The van der Waals surface area contributed by atoms with Gasteiger partial charge in [0.25, 0.3) is 11.6 Å². The van der Waals surface area contributed by atoms with Crippen molar-refractivity contribution in [2.45, 2.75) is 65.3 Å². The van der Waals surface area contributed by atoms with E-state index in [0.717, 1.165) is 51.6 Å². The number of carbonyl (C=O) groups is 2. The molecular formula is C24H33N3O5. The van der Waals surface area contributed by atoms with E-state index < -0.39 is 10.9 Å². The minimum Gasteiger partial charge on any atom is -0.452 e. The van der Waals surface area contributed by atoms with Crippen LogP contribution in [0.2, 0.25) is 0 Å². The predicted molar refractivity (Wildman–Crippen MR) is 121 cm³/mol. The number of esters is 1. The first-order valence-corrected chi connectivity index (χ1v) is 11.6. The van der Waals surface area contributed by atoms with Gasteiger partial charge in [-0.1, -0.05) is 20.8 Å². The van der Waals surface area contributed by atoms with Gasteiger partial charge in [0.05, 0.1) is 10.5 Å².